The Balaban J connectivity index is 2.30. The number of esters is 3. The predicted molar refractivity (Wildman–Crippen MR) is 150 cm³/mol. The molecule has 1 amide bonds. The number of amides is 1. The number of carbonyl (C=O) groups is 5. The Kier molecular flexibility index (Phi) is 13.0. The van der Waals surface area contributed by atoms with E-state index >= 15 is 0 Å². The van der Waals surface area contributed by atoms with Crippen molar-refractivity contribution in [3.05, 3.63) is 59.7 Å². The highest BCUT2D eigenvalue weighted by Crippen LogP contribution is 2.30. The topological polar surface area (TPSA) is 146 Å². The number of alkyl carbamates (subject to hydrolysis) is 1. The summed E-state index contributed by atoms with van der Waals surface area (Å²) in [5, 5.41) is 5.19. The van der Waals surface area contributed by atoms with Gasteiger partial charge in [-0.25, -0.2) is 14.4 Å². The average Bonchev–Trinajstić information content (AvgIpc) is 2.89. The van der Waals surface area contributed by atoms with E-state index in [4.69, 9.17) is 18.9 Å². The van der Waals surface area contributed by atoms with Gasteiger partial charge in [-0.3, -0.25) is 9.59 Å². The zero-order valence-electron chi connectivity index (χ0n) is 24.2. The van der Waals surface area contributed by atoms with E-state index in [1.165, 1.54) is 12.1 Å². The standard InChI is InChI=1S/C30H38N2O9/c1-18(2)24(33)14-20(5)39-30(37)32-23(29(36)38-19(3)4)15-21-12-13-25(40-27(34)17-31-6)26(16-21)41-28(35)22-10-8-7-9-11-22/h7-13,16,18-20,23,31H,14-15,17H2,1-6H3,(H,32,37)/t20?,23-/m0/s1. The van der Waals surface area contributed by atoms with Gasteiger partial charge in [-0.1, -0.05) is 38.1 Å². The van der Waals surface area contributed by atoms with Gasteiger partial charge in [0.05, 0.1) is 18.2 Å². The lowest BCUT2D eigenvalue weighted by Gasteiger charge is -2.21. The van der Waals surface area contributed by atoms with E-state index in [1.807, 2.05) is 0 Å². The van der Waals surface area contributed by atoms with Gasteiger partial charge >= 0.3 is 24.0 Å². The molecule has 2 rings (SSSR count). The van der Waals surface area contributed by atoms with E-state index in [0.29, 0.717) is 5.56 Å². The Morgan fingerprint density at radius 2 is 1.51 bits per heavy atom. The van der Waals surface area contributed by atoms with Gasteiger partial charge in [0.2, 0.25) is 0 Å². The number of rotatable bonds is 14. The molecule has 0 aliphatic rings. The second-order valence-corrected chi connectivity index (χ2v) is 9.97. The van der Waals surface area contributed by atoms with Gasteiger partial charge in [-0.15, -0.1) is 0 Å². The Morgan fingerprint density at radius 1 is 0.829 bits per heavy atom. The van der Waals surface area contributed by atoms with Gasteiger partial charge in [0.25, 0.3) is 0 Å². The average molecular weight is 571 g/mol. The molecule has 0 fully saturated rings. The maximum Gasteiger partial charge on any atom is 0.408 e. The van der Waals surface area contributed by atoms with Crippen molar-refractivity contribution in [1.82, 2.24) is 10.6 Å². The van der Waals surface area contributed by atoms with Crippen LogP contribution in [0.15, 0.2) is 48.5 Å². The summed E-state index contributed by atoms with van der Waals surface area (Å²) in [6.07, 6.45) is -2.09. The number of likely N-dealkylation sites (N-methyl/N-ethyl adjacent to an activating group) is 1. The van der Waals surface area contributed by atoms with Crippen molar-refractivity contribution >= 4 is 29.8 Å². The highest BCUT2D eigenvalue weighted by atomic mass is 16.6. The van der Waals surface area contributed by atoms with Crippen LogP contribution in [0, 0.1) is 5.92 Å². The van der Waals surface area contributed by atoms with Gasteiger partial charge in [-0.2, -0.15) is 0 Å². The zero-order valence-corrected chi connectivity index (χ0v) is 24.2. The van der Waals surface area contributed by atoms with E-state index in [2.05, 4.69) is 10.6 Å². The molecule has 0 spiro atoms. The first kappa shape index (κ1) is 33.0. The molecule has 0 aliphatic heterocycles. The maximum absolute atomic E-state index is 12.9. The molecule has 2 aromatic carbocycles. The summed E-state index contributed by atoms with van der Waals surface area (Å²) in [6.45, 7) is 8.36. The number of hydrogen-bond donors (Lipinski definition) is 2. The largest absolute Gasteiger partial charge is 0.461 e. The van der Waals surface area contributed by atoms with E-state index < -0.39 is 42.3 Å². The van der Waals surface area contributed by atoms with E-state index in [-0.39, 0.29) is 48.2 Å². The van der Waals surface area contributed by atoms with Gasteiger partial charge in [0.15, 0.2) is 11.5 Å². The van der Waals surface area contributed by atoms with Crippen molar-refractivity contribution in [2.75, 3.05) is 13.6 Å². The van der Waals surface area contributed by atoms with Crippen LogP contribution in [0.3, 0.4) is 0 Å². The molecule has 0 heterocycles. The first-order valence-corrected chi connectivity index (χ1v) is 13.3. The lowest BCUT2D eigenvalue weighted by atomic mass is 10.0. The molecule has 2 atom stereocenters. The van der Waals surface area contributed by atoms with E-state index in [0.717, 1.165) is 0 Å². The van der Waals surface area contributed by atoms with Crippen molar-refractivity contribution in [1.29, 1.82) is 0 Å². The fourth-order valence-corrected chi connectivity index (χ4v) is 3.54. The number of nitrogens with one attached hydrogen (secondary N) is 2. The predicted octanol–water partition coefficient (Wildman–Crippen LogP) is 3.62. The SMILES string of the molecule is CNCC(=O)Oc1ccc(C[C@H](NC(=O)OC(C)CC(=O)C(C)C)C(=O)OC(C)C)cc1OC(=O)c1ccccc1. The van der Waals surface area contributed by atoms with Crippen LogP contribution in [0.5, 0.6) is 11.5 Å². The number of hydrogen-bond acceptors (Lipinski definition) is 10. The zero-order chi connectivity index (χ0) is 30.5. The van der Waals surface area contributed by atoms with Crippen LogP contribution in [0.2, 0.25) is 0 Å². The lowest BCUT2D eigenvalue weighted by Crippen LogP contribution is -2.45. The molecular formula is C30H38N2O9. The van der Waals surface area contributed by atoms with E-state index in [9.17, 15) is 24.0 Å². The smallest absolute Gasteiger partial charge is 0.408 e. The lowest BCUT2D eigenvalue weighted by molar-refractivity contribution is -0.150. The van der Waals surface area contributed by atoms with Crippen LogP contribution in [0.1, 0.15) is 57.0 Å². The molecule has 0 saturated heterocycles. The van der Waals surface area contributed by atoms with Crippen molar-refractivity contribution in [2.24, 2.45) is 5.92 Å². The molecule has 41 heavy (non-hydrogen) atoms. The van der Waals surface area contributed by atoms with Crippen molar-refractivity contribution < 1.29 is 42.9 Å². The van der Waals surface area contributed by atoms with Crippen molar-refractivity contribution in [3.63, 3.8) is 0 Å². The molecule has 11 heteroatoms. The summed E-state index contributed by atoms with van der Waals surface area (Å²) >= 11 is 0. The monoisotopic (exact) mass is 570 g/mol. The molecule has 222 valence electrons. The minimum absolute atomic E-state index is 0.00407. The molecule has 0 aliphatic carbocycles. The minimum atomic E-state index is -1.17. The second-order valence-electron chi connectivity index (χ2n) is 9.97. The Labute approximate surface area is 239 Å². The summed E-state index contributed by atoms with van der Waals surface area (Å²) < 4.78 is 21.5. The summed E-state index contributed by atoms with van der Waals surface area (Å²) in [6, 6.07) is 11.5. The Hall–Kier alpha value is -4.25. The fraction of sp³-hybridized carbons (Fsp3) is 0.433. The van der Waals surface area contributed by atoms with Gasteiger partial charge < -0.3 is 29.6 Å². The van der Waals surface area contributed by atoms with Crippen LogP contribution >= 0.6 is 0 Å². The minimum Gasteiger partial charge on any atom is -0.461 e. The van der Waals surface area contributed by atoms with Crippen LogP contribution in [-0.4, -0.2) is 61.6 Å². The fourth-order valence-electron chi connectivity index (χ4n) is 3.54. The van der Waals surface area contributed by atoms with Gasteiger partial charge in [-0.05, 0) is 57.6 Å². The third-order valence-corrected chi connectivity index (χ3v) is 5.57. The molecular weight excluding hydrogens is 532 g/mol. The number of ketones is 1. The molecule has 0 radical (unpaired) electrons. The molecule has 0 bridgehead atoms. The summed E-state index contributed by atoms with van der Waals surface area (Å²) in [5.74, 6) is -2.33. The highest BCUT2D eigenvalue weighted by Gasteiger charge is 2.27. The Bertz CT molecular complexity index is 1210. The summed E-state index contributed by atoms with van der Waals surface area (Å²) in [7, 11) is 1.58. The third-order valence-electron chi connectivity index (χ3n) is 5.57. The molecule has 2 aromatic rings. The van der Waals surface area contributed by atoms with Crippen LogP contribution < -0.4 is 20.1 Å². The van der Waals surface area contributed by atoms with Gasteiger partial charge in [0, 0.05) is 18.8 Å². The van der Waals surface area contributed by atoms with Crippen LogP contribution in [0.4, 0.5) is 4.79 Å². The van der Waals surface area contributed by atoms with Crippen LogP contribution in [-0.2, 0) is 30.3 Å². The maximum atomic E-state index is 12.9. The van der Waals surface area contributed by atoms with Gasteiger partial charge in [0.1, 0.15) is 17.9 Å². The number of ether oxygens (including phenoxy) is 4. The van der Waals surface area contributed by atoms with Crippen molar-refractivity contribution in [2.45, 2.75) is 65.7 Å². The number of Topliss-reactive ketones (excluding diaryl/α,β-unsaturated/α-hetero) is 1. The first-order valence-electron chi connectivity index (χ1n) is 13.3. The number of carbonyl (C=O) groups excluding carboxylic acids is 5. The number of benzene rings is 2. The quantitative estimate of drug-likeness (QED) is 0.255. The molecule has 0 saturated carbocycles. The molecule has 0 aromatic heterocycles. The molecule has 1 unspecified atom stereocenters. The highest BCUT2D eigenvalue weighted by molar-refractivity contribution is 5.91. The normalized spacial score (nSPS) is 12.3. The second kappa shape index (κ2) is 16.1. The summed E-state index contributed by atoms with van der Waals surface area (Å²) in [4.78, 5) is 62.4. The molecule has 2 N–H and O–H groups in total. The Morgan fingerprint density at radius 3 is 2.12 bits per heavy atom. The third kappa shape index (κ3) is 11.4. The first-order chi connectivity index (χ1) is 19.4. The molecule has 11 nitrogen and oxygen atoms in total. The van der Waals surface area contributed by atoms with Crippen LogP contribution in [0.25, 0.3) is 0 Å². The summed E-state index contributed by atoms with van der Waals surface area (Å²) in [5.41, 5.74) is 0.738. The van der Waals surface area contributed by atoms with E-state index in [1.54, 1.807) is 78.1 Å². The van der Waals surface area contributed by atoms with Crippen molar-refractivity contribution in [3.8, 4) is 11.5 Å².